The molecule has 21 heavy (non-hydrogen) atoms. The lowest BCUT2D eigenvalue weighted by Crippen LogP contribution is -2.24. The highest BCUT2D eigenvalue weighted by molar-refractivity contribution is 5.95. The Hall–Kier alpha value is -1.75. The summed E-state index contributed by atoms with van der Waals surface area (Å²) in [5, 5.41) is 11.6. The maximum atomic E-state index is 12.1. The van der Waals surface area contributed by atoms with Crippen molar-refractivity contribution >= 4 is 5.91 Å². The number of nitrogens with one attached hydrogen (secondary N) is 1. The smallest absolute Gasteiger partial charge is 0.251 e. The number of rotatable bonds is 9. The van der Waals surface area contributed by atoms with Gasteiger partial charge in [0.2, 0.25) is 0 Å². The molecule has 0 spiro atoms. The van der Waals surface area contributed by atoms with Crippen molar-refractivity contribution < 1.29 is 19.4 Å². The molecule has 2 N–H and O–H groups in total. The van der Waals surface area contributed by atoms with Crippen LogP contribution in [0, 0.1) is 6.92 Å². The molecule has 5 nitrogen and oxygen atoms in total. The predicted molar refractivity (Wildman–Crippen MR) is 82.2 cm³/mol. The molecule has 1 rings (SSSR count). The Kier molecular flexibility index (Phi) is 7.61. The zero-order valence-corrected chi connectivity index (χ0v) is 13.1. The fourth-order valence-corrected chi connectivity index (χ4v) is 2.11. The minimum absolute atomic E-state index is 0.131. The van der Waals surface area contributed by atoms with Crippen molar-refractivity contribution in [3.05, 3.63) is 23.3 Å². The summed E-state index contributed by atoms with van der Waals surface area (Å²) in [4.78, 5) is 12.1. The molecular formula is C16H25NO4. The number of unbranched alkanes of at least 4 members (excludes halogenated alkanes) is 3. The Labute approximate surface area is 126 Å². The largest absolute Gasteiger partial charge is 0.496 e. The van der Waals surface area contributed by atoms with E-state index in [1.54, 1.807) is 26.4 Å². The molecule has 0 atom stereocenters. The third-order valence-electron chi connectivity index (χ3n) is 3.38. The molecule has 1 aromatic carbocycles. The van der Waals surface area contributed by atoms with Gasteiger partial charge in [0.25, 0.3) is 5.91 Å². The fraction of sp³-hybridized carbons (Fsp3) is 0.562. The lowest BCUT2D eigenvalue weighted by Gasteiger charge is -2.12. The van der Waals surface area contributed by atoms with Crippen molar-refractivity contribution in [3.63, 3.8) is 0 Å². The number of aliphatic hydroxyl groups is 1. The molecule has 0 radical (unpaired) electrons. The average molecular weight is 295 g/mol. The number of amides is 1. The van der Waals surface area contributed by atoms with Crippen molar-refractivity contribution in [2.75, 3.05) is 27.4 Å². The maximum absolute atomic E-state index is 12.1. The highest BCUT2D eigenvalue weighted by Gasteiger charge is 2.13. The summed E-state index contributed by atoms with van der Waals surface area (Å²) in [5.41, 5.74) is 1.41. The molecule has 1 amide bonds. The number of carbonyl (C=O) groups is 1. The van der Waals surface area contributed by atoms with Crippen LogP contribution in [0.2, 0.25) is 0 Å². The Morgan fingerprint density at radius 1 is 1.10 bits per heavy atom. The van der Waals surface area contributed by atoms with Crippen LogP contribution in [0.4, 0.5) is 0 Å². The van der Waals surface area contributed by atoms with Crippen LogP contribution in [-0.4, -0.2) is 38.4 Å². The van der Waals surface area contributed by atoms with E-state index in [0.717, 1.165) is 31.2 Å². The first-order chi connectivity index (χ1) is 10.1. The summed E-state index contributed by atoms with van der Waals surface area (Å²) < 4.78 is 10.5. The van der Waals surface area contributed by atoms with Gasteiger partial charge in [-0.05, 0) is 31.9 Å². The molecule has 0 unspecified atom stereocenters. The second-order valence-electron chi connectivity index (χ2n) is 4.90. The summed E-state index contributed by atoms with van der Waals surface area (Å²) >= 11 is 0. The zero-order chi connectivity index (χ0) is 15.7. The molecule has 0 saturated heterocycles. The third kappa shape index (κ3) is 5.27. The number of aliphatic hydroxyl groups excluding tert-OH is 1. The highest BCUT2D eigenvalue weighted by atomic mass is 16.5. The molecule has 1 aromatic rings. The van der Waals surface area contributed by atoms with Crippen molar-refractivity contribution in [1.29, 1.82) is 0 Å². The highest BCUT2D eigenvalue weighted by Crippen LogP contribution is 2.29. The zero-order valence-electron chi connectivity index (χ0n) is 13.1. The van der Waals surface area contributed by atoms with Crippen LogP contribution in [0.1, 0.15) is 41.6 Å². The van der Waals surface area contributed by atoms with E-state index >= 15 is 0 Å². The molecule has 0 bridgehead atoms. The fourth-order valence-electron chi connectivity index (χ4n) is 2.11. The van der Waals surface area contributed by atoms with E-state index in [4.69, 9.17) is 14.6 Å². The molecule has 0 saturated carbocycles. The van der Waals surface area contributed by atoms with Crippen molar-refractivity contribution in [3.8, 4) is 11.5 Å². The lowest BCUT2D eigenvalue weighted by molar-refractivity contribution is 0.0952. The van der Waals surface area contributed by atoms with E-state index < -0.39 is 0 Å². The van der Waals surface area contributed by atoms with Gasteiger partial charge in [0.15, 0.2) is 0 Å². The number of hydrogen-bond donors (Lipinski definition) is 2. The van der Waals surface area contributed by atoms with Crippen LogP contribution in [0.3, 0.4) is 0 Å². The molecule has 0 aliphatic carbocycles. The maximum Gasteiger partial charge on any atom is 0.251 e. The minimum Gasteiger partial charge on any atom is -0.496 e. The van der Waals surface area contributed by atoms with Gasteiger partial charge in [-0.15, -0.1) is 0 Å². The van der Waals surface area contributed by atoms with E-state index in [-0.39, 0.29) is 12.5 Å². The number of carbonyl (C=O) groups excluding carboxylic acids is 1. The molecular weight excluding hydrogens is 270 g/mol. The summed E-state index contributed by atoms with van der Waals surface area (Å²) in [6.07, 6.45) is 3.71. The van der Waals surface area contributed by atoms with Crippen molar-refractivity contribution in [2.24, 2.45) is 0 Å². The van der Waals surface area contributed by atoms with E-state index in [9.17, 15) is 4.79 Å². The summed E-state index contributed by atoms with van der Waals surface area (Å²) in [6.45, 7) is 2.75. The van der Waals surface area contributed by atoms with Gasteiger partial charge in [-0.25, -0.2) is 0 Å². The Bertz CT molecular complexity index is 435. The standard InChI is InChI=1S/C16H25NO4/c1-12-14(20-2)10-13(11-15(12)21-3)16(19)17-8-6-4-5-7-9-18/h10-11,18H,4-9H2,1-3H3,(H,17,19). The quantitative estimate of drug-likeness (QED) is 0.686. The summed E-state index contributed by atoms with van der Waals surface area (Å²) in [6, 6.07) is 3.44. The number of benzene rings is 1. The van der Waals surface area contributed by atoms with Gasteiger partial charge >= 0.3 is 0 Å². The van der Waals surface area contributed by atoms with Crippen LogP contribution >= 0.6 is 0 Å². The van der Waals surface area contributed by atoms with E-state index in [2.05, 4.69) is 5.32 Å². The molecule has 5 heteroatoms. The third-order valence-corrected chi connectivity index (χ3v) is 3.38. The molecule has 0 aromatic heterocycles. The predicted octanol–water partition coefficient (Wildman–Crippen LogP) is 2.29. The van der Waals surface area contributed by atoms with Crippen LogP contribution in [-0.2, 0) is 0 Å². The van der Waals surface area contributed by atoms with Crippen LogP contribution < -0.4 is 14.8 Å². The monoisotopic (exact) mass is 295 g/mol. The number of ether oxygens (including phenoxy) is 2. The van der Waals surface area contributed by atoms with E-state index in [1.807, 2.05) is 6.92 Å². The van der Waals surface area contributed by atoms with Crippen molar-refractivity contribution in [2.45, 2.75) is 32.6 Å². The number of hydrogen-bond acceptors (Lipinski definition) is 4. The topological polar surface area (TPSA) is 67.8 Å². The first-order valence-electron chi connectivity index (χ1n) is 7.25. The van der Waals surface area contributed by atoms with Gasteiger partial charge in [0.05, 0.1) is 14.2 Å². The van der Waals surface area contributed by atoms with Gasteiger partial charge in [-0.1, -0.05) is 12.8 Å². The molecule has 0 aliphatic heterocycles. The molecule has 118 valence electrons. The molecule has 0 aliphatic rings. The van der Waals surface area contributed by atoms with Crippen molar-refractivity contribution in [1.82, 2.24) is 5.32 Å². The van der Waals surface area contributed by atoms with Crippen LogP contribution in [0.5, 0.6) is 11.5 Å². The van der Waals surface area contributed by atoms with Gasteiger partial charge in [-0.2, -0.15) is 0 Å². The normalized spacial score (nSPS) is 10.3. The Morgan fingerprint density at radius 3 is 2.19 bits per heavy atom. The summed E-state index contributed by atoms with van der Waals surface area (Å²) in [7, 11) is 3.15. The van der Waals surface area contributed by atoms with Gasteiger partial charge in [0.1, 0.15) is 11.5 Å². The summed E-state index contributed by atoms with van der Waals surface area (Å²) in [5.74, 6) is 1.15. The van der Waals surface area contributed by atoms with E-state index in [0.29, 0.717) is 23.6 Å². The van der Waals surface area contributed by atoms with Crippen LogP contribution in [0.25, 0.3) is 0 Å². The molecule has 0 fully saturated rings. The second-order valence-corrected chi connectivity index (χ2v) is 4.90. The van der Waals surface area contributed by atoms with Gasteiger partial charge in [0, 0.05) is 24.3 Å². The van der Waals surface area contributed by atoms with Crippen LogP contribution in [0.15, 0.2) is 12.1 Å². The average Bonchev–Trinajstić information content (AvgIpc) is 2.50. The van der Waals surface area contributed by atoms with E-state index in [1.165, 1.54) is 0 Å². The SMILES string of the molecule is COc1cc(C(=O)NCCCCCCO)cc(OC)c1C. The second kappa shape index (κ2) is 9.23. The minimum atomic E-state index is -0.131. The lowest BCUT2D eigenvalue weighted by atomic mass is 10.1. The van der Waals surface area contributed by atoms with Gasteiger partial charge in [-0.3, -0.25) is 4.79 Å². The van der Waals surface area contributed by atoms with Gasteiger partial charge < -0.3 is 19.9 Å². The first kappa shape index (κ1) is 17.3. The number of methoxy groups -OCH3 is 2. The Morgan fingerprint density at radius 2 is 1.67 bits per heavy atom. The first-order valence-corrected chi connectivity index (χ1v) is 7.25. The molecule has 0 heterocycles. The Balaban J connectivity index is 2.57.